The number of hydrazine groups is 1. The summed E-state index contributed by atoms with van der Waals surface area (Å²) in [6.07, 6.45) is 0. The number of amides is 1. The molecule has 0 spiro atoms. The molecule has 142 valence electrons. The van der Waals surface area contributed by atoms with Crippen molar-refractivity contribution in [3.8, 4) is 11.5 Å². The van der Waals surface area contributed by atoms with Gasteiger partial charge in [0, 0.05) is 41.7 Å². The highest BCUT2D eigenvalue weighted by atomic mass is 16.3. The van der Waals surface area contributed by atoms with E-state index in [0.29, 0.717) is 27.9 Å². The lowest BCUT2D eigenvalue weighted by molar-refractivity contribution is 0.0955. The lowest BCUT2D eigenvalue weighted by Crippen LogP contribution is -2.30. The maximum atomic E-state index is 12.7. The molecule has 7 nitrogen and oxygen atoms in total. The van der Waals surface area contributed by atoms with Crippen molar-refractivity contribution >= 4 is 33.5 Å². The summed E-state index contributed by atoms with van der Waals surface area (Å²) < 4.78 is 6.03. The third-order valence-corrected chi connectivity index (χ3v) is 4.96. The Morgan fingerprint density at radius 1 is 1.18 bits per heavy atom. The Morgan fingerprint density at radius 3 is 2.68 bits per heavy atom. The Bertz CT molecular complexity index is 1230. The number of benzene rings is 3. The molecule has 0 radical (unpaired) electrons. The highest BCUT2D eigenvalue weighted by molar-refractivity contribution is 6.10. The van der Waals surface area contributed by atoms with Gasteiger partial charge in [-0.3, -0.25) is 15.0 Å². The molecule has 0 unspecified atom stereocenters. The highest BCUT2D eigenvalue weighted by Crippen LogP contribution is 2.32. The normalized spacial score (nSPS) is 11.2. The van der Waals surface area contributed by atoms with E-state index in [1.807, 2.05) is 18.2 Å². The first kappa shape index (κ1) is 17.9. The lowest BCUT2D eigenvalue weighted by atomic mass is 9.99. The molecule has 1 aliphatic heterocycles. The van der Waals surface area contributed by atoms with Gasteiger partial charge in [-0.05, 0) is 32.0 Å². The molecule has 0 saturated carbocycles. The van der Waals surface area contributed by atoms with Gasteiger partial charge in [-0.2, -0.15) is 0 Å². The Balaban J connectivity index is 2.02. The molecule has 0 saturated heterocycles. The molecule has 0 bridgehead atoms. The molecule has 28 heavy (non-hydrogen) atoms. The number of nitrogens with one attached hydrogen (secondary N) is 1. The number of carbonyl (C=O) groups is 1. The van der Waals surface area contributed by atoms with Crippen LogP contribution in [0.4, 0.5) is 5.69 Å². The number of nitrogens with zero attached hydrogens (tertiary/aromatic N) is 2. The van der Waals surface area contributed by atoms with Gasteiger partial charge < -0.3 is 9.32 Å². The number of fused-ring (bicyclic) bond motifs is 4. The zero-order valence-corrected chi connectivity index (χ0v) is 15.7. The van der Waals surface area contributed by atoms with Crippen LogP contribution in [-0.4, -0.2) is 24.0 Å². The summed E-state index contributed by atoms with van der Waals surface area (Å²) in [6, 6.07) is 12.2. The Hall–Kier alpha value is -3.45. The summed E-state index contributed by atoms with van der Waals surface area (Å²) in [5, 5.41) is 0.835. The fourth-order valence-electron chi connectivity index (χ4n) is 3.57. The van der Waals surface area contributed by atoms with Gasteiger partial charge in [0.1, 0.15) is 11.2 Å². The number of carbonyl (C=O) groups excluding carboxylic acids is 1. The molecule has 0 aromatic heterocycles. The van der Waals surface area contributed by atoms with Gasteiger partial charge >= 0.3 is 0 Å². The monoisotopic (exact) mass is 376 g/mol. The van der Waals surface area contributed by atoms with E-state index < -0.39 is 5.91 Å². The first-order valence-electron chi connectivity index (χ1n) is 9.13. The number of anilines is 1. The van der Waals surface area contributed by atoms with Crippen LogP contribution < -0.4 is 21.6 Å². The molecular weight excluding hydrogens is 356 g/mol. The van der Waals surface area contributed by atoms with Crippen LogP contribution >= 0.6 is 0 Å². The number of hydrogen-bond donors (Lipinski definition) is 2. The molecule has 2 aromatic carbocycles. The van der Waals surface area contributed by atoms with E-state index in [-0.39, 0.29) is 16.4 Å². The SMILES string of the molecule is CCN(CC)c1ccc2nc3c4cccc(C(=O)NN)c4c(=O)cc-3oc2c1. The molecular formula is C21H20N4O3. The maximum Gasteiger partial charge on any atom is 0.265 e. The average molecular weight is 376 g/mol. The second kappa shape index (κ2) is 6.94. The van der Waals surface area contributed by atoms with E-state index in [4.69, 9.17) is 15.2 Å². The second-order valence-corrected chi connectivity index (χ2v) is 6.46. The number of rotatable bonds is 4. The topological polar surface area (TPSA) is 101 Å². The van der Waals surface area contributed by atoms with E-state index in [1.54, 1.807) is 18.2 Å². The van der Waals surface area contributed by atoms with E-state index in [2.05, 4.69) is 24.2 Å². The van der Waals surface area contributed by atoms with Crippen LogP contribution in [0.2, 0.25) is 0 Å². The van der Waals surface area contributed by atoms with Crippen molar-refractivity contribution in [3.05, 3.63) is 58.3 Å². The number of aromatic nitrogens is 1. The van der Waals surface area contributed by atoms with E-state index in [0.717, 1.165) is 18.8 Å². The minimum Gasteiger partial charge on any atom is -0.453 e. The Labute approximate surface area is 161 Å². The molecule has 1 heterocycles. The second-order valence-electron chi connectivity index (χ2n) is 6.46. The lowest BCUT2D eigenvalue weighted by Gasteiger charge is -2.21. The van der Waals surface area contributed by atoms with Gasteiger partial charge in [0.25, 0.3) is 5.91 Å². The highest BCUT2D eigenvalue weighted by Gasteiger charge is 2.20. The van der Waals surface area contributed by atoms with Crippen molar-refractivity contribution in [1.29, 1.82) is 0 Å². The predicted octanol–water partition coefficient (Wildman–Crippen LogP) is 2.90. The number of hydrogen-bond acceptors (Lipinski definition) is 6. The quantitative estimate of drug-likeness (QED) is 0.187. The molecule has 0 fully saturated rings. The van der Waals surface area contributed by atoms with Gasteiger partial charge in [-0.25, -0.2) is 10.8 Å². The van der Waals surface area contributed by atoms with E-state index >= 15 is 0 Å². The van der Waals surface area contributed by atoms with Gasteiger partial charge in [-0.15, -0.1) is 0 Å². The van der Waals surface area contributed by atoms with Crippen LogP contribution in [0, 0.1) is 0 Å². The van der Waals surface area contributed by atoms with Crippen LogP contribution in [0.3, 0.4) is 0 Å². The minimum absolute atomic E-state index is 0.214. The predicted molar refractivity (Wildman–Crippen MR) is 110 cm³/mol. The fourth-order valence-corrected chi connectivity index (χ4v) is 3.57. The van der Waals surface area contributed by atoms with Gasteiger partial charge in [0.2, 0.25) is 0 Å². The molecule has 4 rings (SSSR count). The zero-order valence-electron chi connectivity index (χ0n) is 15.7. The third kappa shape index (κ3) is 2.76. The Morgan fingerprint density at radius 2 is 1.96 bits per heavy atom. The van der Waals surface area contributed by atoms with Crippen LogP contribution in [0.15, 0.2) is 51.7 Å². The summed E-state index contributed by atoms with van der Waals surface area (Å²) in [5.41, 5.74) is 4.83. The van der Waals surface area contributed by atoms with Crippen molar-refractivity contribution in [2.75, 3.05) is 18.0 Å². The first-order valence-corrected chi connectivity index (χ1v) is 9.13. The number of nitrogens with two attached hydrogens (primary N) is 1. The van der Waals surface area contributed by atoms with Crippen LogP contribution in [-0.2, 0) is 0 Å². The van der Waals surface area contributed by atoms with Crippen LogP contribution in [0.5, 0.6) is 0 Å². The molecule has 2 aliphatic rings. The van der Waals surface area contributed by atoms with E-state index in [9.17, 15) is 9.59 Å². The van der Waals surface area contributed by atoms with Crippen molar-refractivity contribution in [3.63, 3.8) is 0 Å². The smallest absolute Gasteiger partial charge is 0.265 e. The largest absolute Gasteiger partial charge is 0.453 e. The van der Waals surface area contributed by atoms with Crippen LogP contribution in [0.25, 0.3) is 33.3 Å². The van der Waals surface area contributed by atoms with Crippen molar-refractivity contribution in [2.24, 2.45) is 5.84 Å². The van der Waals surface area contributed by atoms with Crippen molar-refractivity contribution < 1.29 is 9.21 Å². The minimum atomic E-state index is -0.524. The molecule has 1 aliphatic carbocycles. The molecule has 7 heteroatoms. The third-order valence-electron chi connectivity index (χ3n) is 4.96. The van der Waals surface area contributed by atoms with Crippen molar-refractivity contribution in [2.45, 2.75) is 13.8 Å². The fraction of sp³-hybridized carbons (Fsp3) is 0.190. The summed E-state index contributed by atoms with van der Waals surface area (Å²) in [5.74, 6) is 5.11. The molecule has 0 atom stereocenters. The Kier molecular flexibility index (Phi) is 4.44. The molecule has 2 aromatic rings. The molecule has 3 N–H and O–H groups in total. The summed E-state index contributed by atoms with van der Waals surface area (Å²) in [4.78, 5) is 31.7. The van der Waals surface area contributed by atoms with Gasteiger partial charge in [0.15, 0.2) is 16.8 Å². The van der Waals surface area contributed by atoms with Gasteiger partial charge in [0.05, 0.1) is 5.56 Å². The standard InChI is InChI=1S/C21H20N4O3/c1-3-25(4-2)12-8-9-15-17(10-12)28-18-11-16(26)19-13(20(18)23-15)6-5-7-14(19)21(27)24-22/h5-11H,3-4,22H2,1-2H3,(H,24,27). The summed E-state index contributed by atoms with van der Waals surface area (Å²) in [7, 11) is 0. The average Bonchev–Trinajstić information content (AvgIpc) is 2.72. The van der Waals surface area contributed by atoms with Crippen molar-refractivity contribution in [1.82, 2.24) is 10.4 Å². The first-order chi connectivity index (χ1) is 13.6. The zero-order chi connectivity index (χ0) is 19.8. The maximum absolute atomic E-state index is 12.7. The summed E-state index contributed by atoms with van der Waals surface area (Å²) in [6.45, 7) is 5.94. The van der Waals surface area contributed by atoms with E-state index in [1.165, 1.54) is 6.07 Å². The molecule has 1 amide bonds. The van der Waals surface area contributed by atoms with Crippen LogP contribution in [0.1, 0.15) is 24.2 Å². The summed E-state index contributed by atoms with van der Waals surface area (Å²) >= 11 is 0. The van der Waals surface area contributed by atoms with Gasteiger partial charge in [-0.1, -0.05) is 12.1 Å². The number of nitrogen functional groups attached to an aromatic ring is 1.